The highest BCUT2D eigenvalue weighted by atomic mass is 127. The monoisotopic (exact) mass is 198 g/mol. The second-order valence-electron chi connectivity index (χ2n) is 0.723. The first-order valence-electron chi connectivity index (χ1n) is 1.59. The van der Waals surface area contributed by atoms with Gasteiger partial charge >= 0.3 is 0 Å². The molecule has 0 heterocycles. The van der Waals surface area contributed by atoms with E-state index >= 15 is 0 Å². The zero-order chi connectivity index (χ0) is 4.83. The van der Waals surface area contributed by atoms with Crippen LogP contribution in [0.3, 0.4) is 0 Å². The van der Waals surface area contributed by atoms with E-state index in [1.165, 1.54) is 0 Å². The van der Waals surface area contributed by atoms with Crippen molar-refractivity contribution in [2.75, 3.05) is 4.43 Å². The Balaban J connectivity index is 2.73. The van der Waals surface area contributed by atoms with Crippen molar-refractivity contribution >= 4 is 22.6 Å². The minimum Gasteiger partial charge on any atom is -0.332 e. The van der Waals surface area contributed by atoms with E-state index in [0.717, 1.165) is 4.43 Å². The highest BCUT2D eigenvalue weighted by Gasteiger charge is 1.58. The maximum atomic E-state index is 4.87. The third-order valence-electron chi connectivity index (χ3n) is 0.303. The maximum Gasteiger partial charge on any atom is 0.0193 e. The number of halogens is 1. The Hall–Kier alpha value is 0.230. The van der Waals surface area contributed by atoms with Crippen LogP contribution < -0.4 is 11.3 Å². The lowest BCUT2D eigenvalue weighted by Crippen LogP contribution is -2.12. The Morgan fingerprint density at radius 3 is 2.67 bits per heavy atom. The van der Waals surface area contributed by atoms with E-state index in [4.69, 9.17) is 5.84 Å². The highest BCUT2D eigenvalue weighted by Crippen LogP contribution is 1.77. The van der Waals surface area contributed by atoms with Gasteiger partial charge in [0.25, 0.3) is 0 Å². The summed E-state index contributed by atoms with van der Waals surface area (Å²) in [6.07, 6.45) is 3.63. The average molecular weight is 198 g/mol. The molecule has 0 atom stereocenters. The van der Waals surface area contributed by atoms with E-state index in [1.807, 2.05) is 6.08 Å². The van der Waals surface area contributed by atoms with Crippen LogP contribution in [0.4, 0.5) is 0 Å². The fourth-order valence-corrected chi connectivity index (χ4v) is 0.367. The van der Waals surface area contributed by atoms with Crippen LogP contribution in [0, 0.1) is 0 Å². The van der Waals surface area contributed by atoms with Gasteiger partial charge in [0, 0.05) is 10.6 Å². The summed E-state index contributed by atoms with van der Waals surface area (Å²) in [5.41, 5.74) is 2.38. The molecule has 0 saturated heterocycles. The fraction of sp³-hybridized carbons (Fsp3) is 0.333. The molecule has 0 unspecified atom stereocenters. The maximum absolute atomic E-state index is 4.87. The van der Waals surface area contributed by atoms with Crippen LogP contribution in [-0.2, 0) is 0 Å². The molecule has 0 bridgehead atoms. The summed E-state index contributed by atoms with van der Waals surface area (Å²) in [5.74, 6) is 4.87. The van der Waals surface area contributed by atoms with E-state index in [1.54, 1.807) is 6.20 Å². The van der Waals surface area contributed by atoms with Crippen molar-refractivity contribution < 1.29 is 0 Å². The van der Waals surface area contributed by atoms with Gasteiger partial charge in [0.1, 0.15) is 0 Å². The molecule has 3 heteroatoms. The molecule has 2 nitrogen and oxygen atoms in total. The molecule has 0 aromatic carbocycles. The highest BCUT2D eigenvalue weighted by molar-refractivity contribution is 14.1. The predicted molar refractivity (Wildman–Crippen MR) is 35.4 cm³/mol. The topological polar surface area (TPSA) is 38.0 Å². The third-order valence-corrected chi connectivity index (χ3v) is 0.812. The van der Waals surface area contributed by atoms with Crippen LogP contribution in [-0.4, -0.2) is 4.43 Å². The molecule has 0 radical (unpaired) electrons. The van der Waals surface area contributed by atoms with Crippen molar-refractivity contribution in [3.8, 4) is 0 Å². The Morgan fingerprint density at radius 1 is 1.83 bits per heavy atom. The summed E-state index contributed by atoms with van der Waals surface area (Å²) in [6, 6.07) is 0. The Morgan fingerprint density at radius 2 is 2.50 bits per heavy atom. The number of alkyl halides is 1. The van der Waals surface area contributed by atoms with Gasteiger partial charge in [0.2, 0.25) is 0 Å². The van der Waals surface area contributed by atoms with Crippen LogP contribution in [0.1, 0.15) is 0 Å². The number of hydrazine groups is 1. The quantitative estimate of drug-likeness (QED) is 0.291. The van der Waals surface area contributed by atoms with Crippen molar-refractivity contribution in [2.24, 2.45) is 5.84 Å². The number of hydrogen-bond acceptors (Lipinski definition) is 2. The largest absolute Gasteiger partial charge is 0.332 e. The van der Waals surface area contributed by atoms with Gasteiger partial charge in [-0.1, -0.05) is 28.7 Å². The number of nitrogens with two attached hydrogens (primary N) is 1. The molecule has 0 aromatic rings. The molecule has 0 aromatic heterocycles. The van der Waals surface area contributed by atoms with E-state index < -0.39 is 0 Å². The van der Waals surface area contributed by atoms with Gasteiger partial charge in [0.05, 0.1) is 0 Å². The van der Waals surface area contributed by atoms with E-state index in [9.17, 15) is 0 Å². The van der Waals surface area contributed by atoms with Crippen LogP contribution in [0.2, 0.25) is 0 Å². The lowest BCUT2D eigenvalue weighted by atomic mass is 10.7. The fourth-order valence-electron chi connectivity index (χ4n) is 0.113. The summed E-state index contributed by atoms with van der Waals surface area (Å²) in [5, 5.41) is 0. The lowest BCUT2D eigenvalue weighted by Gasteiger charge is -1.79. The molecular formula is C3H7IN2. The molecule has 6 heavy (non-hydrogen) atoms. The summed E-state index contributed by atoms with van der Waals surface area (Å²) in [4.78, 5) is 0. The smallest absolute Gasteiger partial charge is 0.0193 e. The molecule has 0 aliphatic heterocycles. The minimum absolute atomic E-state index is 1.00. The second kappa shape index (κ2) is 5.23. The Kier molecular flexibility index (Phi) is 5.43. The number of hydrogen-bond donors (Lipinski definition) is 2. The molecular weight excluding hydrogens is 191 g/mol. The standard InChI is InChI=1S/C3H7IN2/c4-2-1-3-6-5/h1,3,6H,2,5H2/b3-1-. The van der Waals surface area contributed by atoms with Crippen LogP contribution >= 0.6 is 22.6 Å². The zero-order valence-corrected chi connectivity index (χ0v) is 5.47. The summed E-state index contributed by atoms with van der Waals surface area (Å²) < 4.78 is 1.00. The first kappa shape index (κ1) is 6.23. The molecule has 0 rings (SSSR count). The van der Waals surface area contributed by atoms with Crippen molar-refractivity contribution in [3.63, 3.8) is 0 Å². The van der Waals surface area contributed by atoms with Gasteiger partial charge in [-0.15, -0.1) is 0 Å². The van der Waals surface area contributed by atoms with Gasteiger partial charge < -0.3 is 5.43 Å². The molecule has 0 aliphatic carbocycles. The van der Waals surface area contributed by atoms with E-state index in [2.05, 4.69) is 28.0 Å². The van der Waals surface area contributed by atoms with Crippen molar-refractivity contribution in [1.82, 2.24) is 5.43 Å². The second-order valence-corrected chi connectivity index (χ2v) is 1.60. The zero-order valence-electron chi connectivity index (χ0n) is 3.32. The SMILES string of the molecule is NN/C=C\CI. The number of nitrogens with one attached hydrogen (secondary N) is 1. The molecule has 3 N–H and O–H groups in total. The van der Waals surface area contributed by atoms with Crippen molar-refractivity contribution in [3.05, 3.63) is 12.3 Å². The molecule has 0 aliphatic rings. The normalized spacial score (nSPS) is 9.67. The first-order chi connectivity index (χ1) is 2.91. The average Bonchev–Trinajstić information content (AvgIpc) is 1.61. The van der Waals surface area contributed by atoms with Crippen LogP contribution in [0.15, 0.2) is 12.3 Å². The Labute approximate surface area is 50.9 Å². The first-order valence-corrected chi connectivity index (χ1v) is 3.11. The Bertz CT molecular complexity index is 38.1. The predicted octanol–water partition coefficient (Wildman–Crippen LogP) is 0.398. The molecule has 0 fully saturated rings. The van der Waals surface area contributed by atoms with E-state index in [-0.39, 0.29) is 0 Å². The molecule has 0 spiro atoms. The molecule has 36 valence electrons. The van der Waals surface area contributed by atoms with Gasteiger partial charge in [-0.25, -0.2) is 0 Å². The summed E-state index contributed by atoms with van der Waals surface area (Å²) >= 11 is 2.23. The molecule has 0 amide bonds. The van der Waals surface area contributed by atoms with Gasteiger partial charge in [-0.3, -0.25) is 5.84 Å². The third kappa shape index (κ3) is 4.23. The van der Waals surface area contributed by atoms with Crippen molar-refractivity contribution in [1.29, 1.82) is 0 Å². The molecule has 0 saturated carbocycles. The lowest BCUT2D eigenvalue weighted by molar-refractivity contribution is 0.966. The van der Waals surface area contributed by atoms with Crippen LogP contribution in [0.5, 0.6) is 0 Å². The van der Waals surface area contributed by atoms with Gasteiger partial charge in [-0.05, 0) is 0 Å². The van der Waals surface area contributed by atoms with Gasteiger partial charge in [0.15, 0.2) is 0 Å². The summed E-state index contributed by atoms with van der Waals surface area (Å²) in [7, 11) is 0. The van der Waals surface area contributed by atoms with Crippen LogP contribution in [0.25, 0.3) is 0 Å². The summed E-state index contributed by atoms with van der Waals surface area (Å²) in [6.45, 7) is 0. The minimum atomic E-state index is 1.00. The van der Waals surface area contributed by atoms with Gasteiger partial charge in [-0.2, -0.15) is 0 Å². The van der Waals surface area contributed by atoms with Crippen molar-refractivity contribution in [2.45, 2.75) is 0 Å². The van der Waals surface area contributed by atoms with E-state index in [0.29, 0.717) is 0 Å². The number of allylic oxidation sites excluding steroid dienone is 1. The number of rotatable bonds is 2.